The van der Waals surface area contributed by atoms with E-state index in [0.29, 0.717) is 5.57 Å². The van der Waals surface area contributed by atoms with Crippen LogP contribution < -0.4 is 15.1 Å². The van der Waals surface area contributed by atoms with Crippen molar-refractivity contribution in [1.82, 2.24) is 4.90 Å². The first-order chi connectivity index (χ1) is 19.4. The number of ether oxygens (including phenoxy) is 1. The summed E-state index contributed by atoms with van der Waals surface area (Å²) in [5.41, 5.74) is 1.01. The van der Waals surface area contributed by atoms with Gasteiger partial charge in [0.1, 0.15) is 0 Å². The van der Waals surface area contributed by atoms with Gasteiger partial charge in [0.25, 0.3) is 11.8 Å². The Balaban J connectivity index is 1.51. The molecule has 4 amide bonds. The van der Waals surface area contributed by atoms with Gasteiger partial charge >= 0.3 is 7.12 Å². The van der Waals surface area contributed by atoms with Crippen molar-refractivity contribution in [2.24, 2.45) is 17.8 Å². The molecule has 3 fully saturated rings. The molecule has 6 unspecified atom stereocenters. The van der Waals surface area contributed by atoms with Crippen LogP contribution in [0.15, 0.2) is 54.1 Å². The summed E-state index contributed by atoms with van der Waals surface area (Å²) in [4.78, 5) is 52.7. The highest BCUT2D eigenvalue weighted by Crippen LogP contribution is 2.66. The fourth-order valence-electron chi connectivity index (χ4n) is 7.11. The van der Waals surface area contributed by atoms with E-state index in [0.717, 1.165) is 9.80 Å². The Labute approximate surface area is 245 Å². The second-order valence-electron chi connectivity index (χ2n) is 10.9. The maximum atomic E-state index is 14.0. The summed E-state index contributed by atoms with van der Waals surface area (Å²) in [7, 11) is 0.855. The smallest absolute Gasteiger partial charge is 0.488 e. The molecule has 41 heavy (non-hydrogen) atoms. The van der Waals surface area contributed by atoms with E-state index in [9.17, 15) is 34.3 Å². The highest BCUT2D eigenvalue weighted by molar-refractivity contribution is 6.58. The van der Waals surface area contributed by atoms with Crippen LogP contribution in [0.2, 0.25) is 0 Å². The fourth-order valence-corrected chi connectivity index (χ4v) is 8.12. The second-order valence-corrected chi connectivity index (χ2v) is 12.1. The fraction of sp³-hybridized carbons (Fsp3) is 0.357. The van der Waals surface area contributed by atoms with Crippen molar-refractivity contribution < 1.29 is 39.1 Å². The van der Waals surface area contributed by atoms with Crippen molar-refractivity contribution >= 4 is 65.1 Å². The molecule has 0 radical (unpaired) electrons. The molecule has 13 heteroatoms. The molecule has 10 nitrogen and oxygen atoms in total. The van der Waals surface area contributed by atoms with Crippen molar-refractivity contribution in [2.45, 2.75) is 28.5 Å². The number of amides is 4. The van der Waals surface area contributed by atoms with Crippen LogP contribution in [0, 0.1) is 17.8 Å². The molecule has 2 aliphatic carbocycles. The van der Waals surface area contributed by atoms with Crippen molar-refractivity contribution in [3.63, 3.8) is 0 Å². The van der Waals surface area contributed by atoms with Crippen molar-refractivity contribution in [3.05, 3.63) is 59.7 Å². The summed E-state index contributed by atoms with van der Waals surface area (Å²) in [5, 5.41) is 30.4. The number of fused-ring (bicyclic) bond motifs is 4. The van der Waals surface area contributed by atoms with Crippen molar-refractivity contribution in [1.29, 1.82) is 0 Å². The number of carbonyl (C=O) groups is 4. The SMILES string of the molecule is COc1cccc(C2C3=CCC4C(=O)N(c5cccc(B(O)O)c5)C(=O)C4C3CC3(Cl)C(=O)N(C)C(=O)C23Cl)c1O. The first kappa shape index (κ1) is 27.8. The van der Waals surface area contributed by atoms with E-state index < -0.39 is 64.2 Å². The van der Waals surface area contributed by atoms with Gasteiger partial charge in [0, 0.05) is 18.5 Å². The van der Waals surface area contributed by atoms with E-state index in [4.69, 9.17) is 27.9 Å². The Morgan fingerprint density at radius 1 is 1.00 bits per heavy atom. The van der Waals surface area contributed by atoms with E-state index in [1.54, 1.807) is 18.2 Å². The summed E-state index contributed by atoms with van der Waals surface area (Å²) in [6.07, 6.45) is 1.71. The van der Waals surface area contributed by atoms with E-state index in [1.807, 2.05) is 0 Å². The zero-order valence-corrected chi connectivity index (χ0v) is 23.5. The molecule has 1 saturated carbocycles. The van der Waals surface area contributed by atoms with Crippen LogP contribution in [-0.4, -0.2) is 74.7 Å². The number of benzene rings is 2. The molecule has 0 spiro atoms. The molecule has 2 aromatic rings. The number of nitrogens with zero attached hydrogens (tertiary/aromatic N) is 2. The molecule has 3 N–H and O–H groups in total. The summed E-state index contributed by atoms with van der Waals surface area (Å²) < 4.78 is 5.29. The average molecular weight is 599 g/mol. The number of anilines is 1. The maximum absolute atomic E-state index is 14.0. The molecule has 0 bridgehead atoms. The summed E-state index contributed by atoms with van der Waals surface area (Å²) in [6, 6.07) is 10.5. The number of rotatable bonds is 4. The Kier molecular flexibility index (Phi) is 6.31. The first-order valence-electron chi connectivity index (χ1n) is 13.0. The molecule has 212 valence electrons. The van der Waals surface area contributed by atoms with E-state index >= 15 is 0 Å². The van der Waals surface area contributed by atoms with Crippen LogP contribution in [0.3, 0.4) is 0 Å². The minimum Gasteiger partial charge on any atom is -0.504 e. The number of likely N-dealkylation sites (tertiary alicyclic amines) is 1. The van der Waals surface area contributed by atoms with Crippen LogP contribution in [-0.2, 0) is 19.2 Å². The molecule has 0 aromatic heterocycles. The highest BCUT2D eigenvalue weighted by atomic mass is 35.5. The summed E-state index contributed by atoms with van der Waals surface area (Å²) in [5.74, 6) is -6.26. The number of hydrogen-bond donors (Lipinski definition) is 3. The zero-order valence-electron chi connectivity index (χ0n) is 22.0. The predicted molar refractivity (Wildman–Crippen MR) is 149 cm³/mol. The monoisotopic (exact) mass is 598 g/mol. The normalized spacial score (nSPS) is 32.5. The standard InChI is InChI=1S/C28H25BCl2N2O8/c1-32-25(37)27(30)12-18-15(21(28(27,31)26(32)38)17-7-4-8-19(41-2)22(17)34)9-10-16-20(18)24(36)33(23(16)35)14-6-3-5-13(11-14)29(39)40/h3-9,11,16,18,20-21,34,39-40H,10,12H2,1-2H3. The lowest BCUT2D eigenvalue weighted by Gasteiger charge is -2.50. The summed E-state index contributed by atoms with van der Waals surface area (Å²) in [6.45, 7) is 0. The lowest BCUT2D eigenvalue weighted by Crippen LogP contribution is -2.60. The van der Waals surface area contributed by atoms with Gasteiger partial charge in [-0.3, -0.25) is 29.0 Å². The molecule has 2 aliphatic heterocycles. The van der Waals surface area contributed by atoms with Crippen LogP contribution >= 0.6 is 23.2 Å². The number of phenols is 1. The molecule has 2 saturated heterocycles. The quantitative estimate of drug-likeness (QED) is 0.207. The highest BCUT2D eigenvalue weighted by Gasteiger charge is 2.76. The number of hydrogen-bond acceptors (Lipinski definition) is 8. The zero-order chi connectivity index (χ0) is 29.6. The van der Waals surface area contributed by atoms with Crippen molar-refractivity contribution in [3.8, 4) is 11.5 Å². The van der Waals surface area contributed by atoms with E-state index in [-0.39, 0.29) is 41.1 Å². The van der Waals surface area contributed by atoms with Gasteiger partial charge in [-0.2, -0.15) is 0 Å². The first-order valence-corrected chi connectivity index (χ1v) is 13.7. The Morgan fingerprint density at radius 2 is 1.71 bits per heavy atom. The molecular weight excluding hydrogens is 574 g/mol. The maximum Gasteiger partial charge on any atom is 0.488 e. The van der Waals surface area contributed by atoms with Gasteiger partial charge in [-0.1, -0.05) is 35.9 Å². The minimum absolute atomic E-state index is 0.104. The second kappa shape index (κ2) is 9.32. The molecule has 2 heterocycles. The van der Waals surface area contributed by atoms with Gasteiger partial charge < -0.3 is 19.9 Å². The lowest BCUT2D eigenvalue weighted by molar-refractivity contribution is -0.138. The van der Waals surface area contributed by atoms with Crippen LogP contribution in [0.5, 0.6) is 11.5 Å². The van der Waals surface area contributed by atoms with Crippen molar-refractivity contribution in [2.75, 3.05) is 19.1 Å². The Morgan fingerprint density at radius 3 is 2.39 bits per heavy atom. The molecular formula is C28H25BCl2N2O8. The number of para-hydroxylation sites is 1. The van der Waals surface area contributed by atoms with Gasteiger partial charge in [0.2, 0.25) is 11.8 Å². The lowest BCUT2D eigenvalue weighted by atomic mass is 9.56. The van der Waals surface area contributed by atoms with Gasteiger partial charge in [-0.05, 0) is 42.4 Å². The number of phenolic OH excluding ortho intramolecular Hbond substituents is 1. The van der Waals surface area contributed by atoms with Gasteiger partial charge in [-0.25, -0.2) is 0 Å². The average Bonchev–Trinajstić information content (AvgIpc) is 3.28. The number of methoxy groups -OCH3 is 1. The Bertz CT molecular complexity index is 1570. The minimum atomic E-state index is -2.03. The predicted octanol–water partition coefficient (Wildman–Crippen LogP) is 1.27. The van der Waals surface area contributed by atoms with Crippen LogP contribution in [0.25, 0.3) is 0 Å². The molecule has 4 aliphatic rings. The third-order valence-electron chi connectivity index (χ3n) is 9.00. The van der Waals surface area contributed by atoms with Crippen LogP contribution in [0.4, 0.5) is 5.69 Å². The van der Waals surface area contributed by atoms with Gasteiger partial charge in [-0.15, -0.1) is 23.2 Å². The molecule has 6 atom stereocenters. The molecule has 2 aromatic carbocycles. The number of imide groups is 2. The van der Waals surface area contributed by atoms with Crippen LogP contribution in [0.1, 0.15) is 24.3 Å². The van der Waals surface area contributed by atoms with Gasteiger partial charge in [0.05, 0.1) is 24.6 Å². The molecule has 6 rings (SSSR count). The number of allylic oxidation sites excluding steroid dienone is 2. The third-order valence-corrected chi connectivity index (χ3v) is 10.4. The number of aromatic hydroxyl groups is 1. The van der Waals surface area contributed by atoms with E-state index in [1.165, 1.54) is 44.5 Å². The number of carbonyl (C=O) groups excluding carboxylic acids is 4. The largest absolute Gasteiger partial charge is 0.504 e. The topological polar surface area (TPSA) is 145 Å². The van der Waals surface area contributed by atoms with Gasteiger partial charge in [0.15, 0.2) is 21.2 Å². The number of halogens is 2. The summed E-state index contributed by atoms with van der Waals surface area (Å²) >= 11 is 14.3. The number of alkyl halides is 2. The Hall–Kier alpha value is -3.38. The third kappa shape index (κ3) is 3.52. The van der Waals surface area contributed by atoms with E-state index in [2.05, 4.69) is 0 Å².